The van der Waals surface area contributed by atoms with Crippen molar-refractivity contribution in [1.29, 1.82) is 0 Å². The van der Waals surface area contributed by atoms with Crippen LogP contribution in [0.4, 0.5) is 11.4 Å². The van der Waals surface area contributed by atoms with Gasteiger partial charge >= 0.3 is 0 Å². The van der Waals surface area contributed by atoms with Crippen LogP contribution in [-0.2, 0) is 10.0 Å². The molecule has 112 valence electrons. The number of nitrogens with one attached hydrogen (secondary N) is 1. The smallest absolute Gasteiger partial charge is 0.264 e. The van der Waals surface area contributed by atoms with Gasteiger partial charge in [-0.3, -0.25) is 4.72 Å². The number of hydrogen-bond donors (Lipinski definition) is 2. The van der Waals surface area contributed by atoms with E-state index in [0.717, 1.165) is 0 Å². The molecule has 0 amide bonds. The lowest BCUT2D eigenvalue weighted by atomic mass is 10.2. The van der Waals surface area contributed by atoms with Crippen molar-refractivity contribution in [3.8, 4) is 0 Å². The standard InChI is InChI=1S/C13H11BrCl2N2O2S/c1-7-3-2-4-11(17)13(7)21(19,20)18-12-9(15)5-8(14)6-10(12)16/h2-6,18H,17H2,1H3. The average Bonchev–Trinajstić information content (AvgIpc) is 2.33. The van der Waals surface area contributed by atoms with Gasteiger partial charge in [0.1, 0.15) is 4.90 Å². The lowest BCUT2D eigenvalue weighted by molar-refractivity contribution is 0.601. The highest BCUT2D eigenvalue weighted by Crippen LogP contribution is 2.36. The molecule has 0 spiro atoms. The third-order valence-corrected chi connectivity index (χ3v) is 5.38. The van der Waals surface area contributed by atoms with Crippen molar-refractivity contribution in [3.63, 3.8) is 0 Å². The molecule has 0 heterocycles. The predicted molar refractivity (Wildman–Crippen MR) is 90.6 cm³/mol. The van der Waals surface area contributed by atoms with Crippen LogP contribution in [0.3, 0.4) is 0 Å². The number of hydrogen-bond acceptors (Lipinski definition) is 3. The first-order chi connectivity index (χ1) is 9.72. The van der Waals surface area contributed by atoms with Crippen molar-refractivity contribution in [3.05, 3.63) is 50.4 Å². The molecule has 3 N–H and O–H groups in total. The molecule has 0 unspecified atom stereocenters. The lowest BCUT2D eigenvalue weighted by Gasteiger charge is -2.14. The van der Waals surface area contributed by atoms with Gasteiger partial charge in [0.05, 0.1) is 21.4 Å². The van der Waals surface area contributed by atoms with Gasteiger partial charge in [0.15, 0.2) is 0 Å². The van der Waals surface area contributed by atoms with E-state index in [4.69, 9.17) is 28.9 Å². The van der Waals surface area contributed by atoms with E-state index in [9.17, 15) is 8.42 Å². The Hall–Kier alpha value is -0.950. The third kappa shape index (κ3) is 3.45. The number of benzene rings is 2. The number of rotatable bonds is 3. The predicted octanol–water partition coefficient (Wildman–Crippen LogP) is 4.45. The zero-order valence-corrected chi connectivity index (χ0v) is 14.7. The van der Waals surface area contributed by atoms with Crippen molar-refractivity contribution < 1.29 is 8.42 Å². The molecule has 2 aromatic rings. The van der Waals surface area contributed by atoms with E-state index in [1.165, 1.54) is 6.07 Å². The fourth-order valence-corrected chi connectivity index (χ4v) is 4.74. The molecule has 0 aromatic heterocycles. The molecule has 0 aliphatic heterocycles. The first-order valence-corrected chi connectivity index (χ1v) is 8.78. The molecular formula is C13H11BrCl2N2O2S. The molecule has 8 heteroatoms. The van der Waals surface area contributed by atoms with Crippen LogP contribution in [0, 0.1) is 6.92 Å². The summed E-state index contributed by atoms with van der Waals surface area (Å²) in [6.07, 6.45) is 0. The maximum Gasteiger partial charge on any atom is 0.264 e. The van der Waals surface area contributed by atoms with Gasteiger partial charge in [-0.1, -0.05) is 51.3 Å². The summed E-state index contributed by atoms with van der Waals surface area (Å²) in [4.78, 5) is 0.0139. The molecule has 0 aliphatic rings. The first kappa shape index (κ1) is 16.4. The minimum absolute atomic E-state index is 0.0139. The van der Waals surface area contributed by atoms with Crippen LogP contribution >= 0.6 is 39.1 Å². The van der Waals surface area contributed by atoms with Gasteiger partial charge in [-0.25, -0.2) is 8.42 Å². The maximum absolute atomic E-state index is 12.5. The second-order valence-electron chi connectivity index (χ2n) is 4.34. The van der Waals surface area contributed by atoms with Crippen molar-refractivity contribution in [2.75, 3.05) is 10.5 Å². The first-order valence-electron chi connectivity index (χ1n) is 5.75. The Kier molecular flexibility index (Phi) is 4.72. The molecular weight excluding hydrogens is 399 g/mol. The Balaban J connectivity index is 2.53. The van der Waals surface area contributed by atoms with Crippen molar-refractivity contribution in [2.45, 2.75) is 11.8 Å². The molecule has 0 saturated carbocycles. The Morgan fingerprint density at radius 1 is 1.19 bits per heavy atom. The fourth-order valence-electron chi connectivity index (χ4n) is 1.87. The summed E-state index contributed by atoms with van der Waals surface area (Å²) >= 11 is 15.3. The summed E-state index contributed by atoms with van der Waals surface area (Å²) in [5.41, 5.74) is 6.58. The van der Waals surface area contributed by atoms with Crippen LogP contribution in [0.5, 0.6) is 0 Å². The van der Waals surface area contributed by atoms with Gasteiger partial charge in [-0.15, -0.1) is 0 Å². The normalized spacial score (nSPS) is 11.4. The molecule has 4 nitrogen and oxygen atoms in total. The van der Waals surface area contributed by atoms with E-state index in [-0.39, 0.29) is 26.3 Å². The van der Waals surface area contributed by atoms with Gasteiger partial charge in [-0.05, 0) is 30.7 Å². The van der Waals surface area contributed by atoms with E-state index in [0.29, 0.717) is 10.0 Å². The molecule has 0 aliphatic carbocycles. The molecule has 0 radical (unpaired) electrons. The van der Waals surface area contributed by atoms with Gasteiger partial charge in [-0.2, -0.15) is 0 Å². The zero-order chi connectivity index (χ0) is 15.8. The Morgan fingerprint density at radius 2 is 1.76 bits per heavy atom. The van der Waals surface area contributed by atoms with Crippen LogP contribution < -0.4 is 10.5 Å². The van der Waals surface area contributed by atoms with E-state index in [1.807, 2.05) is 0 Å². The molecule has 0 bridgehead atoms. The monoisotopic (exact) mass is 408 g/mol. The van der Waals surface area contributed by atoms with Crippen molar-refractivity contribution >= 4 is 60.5 Å². The highest BCUT2D eigenvalue weighted by molar-refractivity contribution is 9.10. The Labute approximate surface area is 141 Å². The van der Waals surface area contributed by atoms with Crippen LogP contribution in [0.2, 0.25) is 10.0 Å². The van der Waals surface area contributed by atoms with Gasteiger partial charge in [0.25, 0.3) is 10.0 Å². The van der Waals surface area contributed by atoms with Crippen LogP contribution in [0.25, 0.3) is 0 Å². The molecule has 2 aromatic carbocycles. The molecule has 0 fully saturated rings. The number of halogens is 3. The van der Waals surface area contributed by atoms with Crippen LogP contribution in [-0.4, -0.2) is 8.42 Å². The van der Waals surface area contributed by atoms with E-state index >= 15 is 0 Å². The molecule has 2 rings (SSSR count). The maximum atomic E-state index is 12.5. The topological polar surface area (TPSA) is 72.2 Å². The summed E-state index contributed by atoms with van der Waals surface area (Å²) in [5.74, 6) is 0. The minimum Gasteiger partial charge on any atom is -0.398 e. The summed E-state index contributed by atoms with van der Waals surface area (Å²) in [7, 11) is -3.89. The number of aryl methyl sites for hydroxylation is 1. The fraction of sp³-hybridized carbons (Fsp3) is 0.0769. The minimum atomic E-state index is -3.89. The van der Waals surface area contributed by atoms with E-state index < -0.39 is 10.0 Å². The average molecular weight is 410 g/mol. The zero-order valence-electron chi connectivity index (χ0n) is 10.8. The van der Waals surface area contributed by atoms with Crippen LogP contribution in [0.1, 0.15) is 5.56 Å². The number of sulfonamides is 1. The largest absolute Gasteiger partial charge is 0.398 e. The molecule has 21 heavy (non-hydrogen) atoms. The highest BCUT2D eigenvalue weighted by Gasteiger charge is 2.22. The molecule has 0 saturated heterocycles. The summed E-state index contributed by atoms with van der Waals surface area (Å²) < 4.78 is 28.1. The van der Waals surface area contributed by atoms with Crippen LogP contribution in [0.15, 0.2) is 39.7 Å². The quantitative estimate of drug-likeness (QED) is 0.735. The van der Waals surface area contributed by atoms with Crippen molar-refractivity contribution in [1.82, 2.24) is 0 Å². The summed E-state index contributed by atoms with van der Waals surface area (Å²) in [6.45, 7) is 1.66. The number of anilines is 2. The van der Waals surface area contributed by atoms with Crippen molar-refractivity contribution in [2.24, 2.45) is 0 Å². The molecule has 0 atom stereocenters. The second kappa shape index (κ2) is 6.04. The van der Waals surface area contributed by atoms with E-state index in [1.54, 1.807) is 31.2 Å². The number of nitrogen functional groups attached to an aromatic ring is 1. The van der Waals surface area contributed by atoms with E-state index in [2.05, 4.69) is 20.7 Å². The summed E-state index contributed by atoms with van der Waals surface area (Å²) in [6, 6.07) is 7.96. The lowest BCUT2D eigenvalue weighted by Crippen LogP contribution is -2.16. The SMILES string of the molecule is Cc1cccc(N)c1S(=O)(=O)Nc1c(Cl)cc(Br)cc1Cl. The number of nitrogens with two attached hydrogens (primary N) is 1. The van der Waals surface area contributed by atoms with Gasteiger partial charge in [0, 0.05) is 4.47 Å². The second-order valence-corrected chi connectivity index (χ2v) is 7.69. The summed E-state index contributed by atoms with van der Waals surface area (Å²) in [5, 5.41) is 0.371. The Morgan fingerprint density at radius 3 is 2.29 bits per heavy atom. The highest BCUT2D eigenvalue weighted by atomic mass is 79.9. The van der Waals surface area contributed by atoms with Gasteiger partial charge < -0.3 is 5.73 Å². The third-order valence-electron chi connectivity index (χ3n) is 2.75. The Bertz CT molecular complexity index is 767. The van der Waals surface area contributed by atoms with Gasteiger partial charge in [0.2, 0.25) is 0 Å².